The van der Waals surface area contributed by atoms with Gasteiger partial charge in [-0.15, -0.1) is 11.3 Å². The van der Waals surface area contributed by atoms with E-state index in [-0.39, 0.29) is 11.7 Å². The summed E-state index contributed by atoms with van der Waals surface area (Å²) in [4.78, 5) is 28.3. The largest absolute Gasteiger partial charge is 0.462 e. The van der Waals surface area contributed by atoms with Crippen molar-refractivity contribution in [2.75, 3.05) is 6.61 Å². The van der Waals surface area contributed by atoms with Crippen LogP contribution in [0, 0.1) is 10.1 Å². The highest BCUT2D eigenvalue weighted by Crippen LogP contribution is 2.40. The Hall–Kier alpha value is -2.54. The third kappa shape index (κ3) is 3.76. The average molecular weight is 358 g/mol. The first kappa shape index (κ1) is 17.3. The summed E-state index contributed by atoms with van der Waals surface area (Å²) in [6, 6.07) is 6.15. The molecule has 1 aromatic heterocycles. The van der Waals surface area contributed by atoms with E-state index in [1.807, 2.05) is 0 Å². The van der Waals surface area contributed by atoms with Crippen molar-refractivity contribution in [1.29, 1.82) is 0 Å². The van der Waals surface area contributed by atoms with Gasteiger partial charge in [-0.25, -0.2) is 9.79 Å². The maximum atomic E-state index is 12.4. The lowest BCUT2D eigenvalue weighted by Crippen LogP contribution is -2.09. The molecule has 1 aliphatic rings. The second-order valence-corrected chi connectivity index (χ2v) is 6.80. The number of esters is 1. The number of non-ortho nitro benzene ring substituents is 1. The highest BCUT2D eigenvalue weighted by molar-refractivity contribution is 7.16. The Kier molecular flexibility index (Phi) is 5.23. The number of rotatable bonds is 5. The van der Waals surface area contributed by atoms with E-state index in [0.29, 0.717) is 17.2 Å². The number of carbonyl (C=O) groups excluding carboxylic acids is 1. The number of carbonyl (C=O) groups is 1. The van der Waals surface area contributed by atoms with Crippen molar-refractivity contribution in [3.8, 4) is 0 Å². The lowest BCUT2D eigenvalue weighted by atomic mass is 9.95. The zero-order valence-electron chi connectivity index (χ0n) is 13.9. The Morgan fingerprint density at radius 3 is 2.72 bits per heavy atom. The quantitative estimate of drug-likeness (QED) is 0.342. The number of thiophene rings is 1. The molecule has 0 amide bonds. The number of nitrogens with zero attached hydrogens (tertiary/aromatic N) is 2. The molecule has 0 bridgehead atoms. The fourth-order valence-electron chi connectivity index (χ4n) is 2.87. The van der Waals surface area contributed by atoms with Gasteiger partial charge in [-0.2, -0.15) is 0 Å². The summed E-state index contributed by atoms with van der Waals surface area (Å²) in [7, 11) is 0. The number of hydrogen-bond acceptors (Lipinski definition) is 6. The number of benzene rings is 1. The highest BCUT2D eigenvalue weighted by Gasteiger charge is 2.25. The van der Waals surface area contributed by atoms with Crippen LogP contribution in [0.3, 0.4) is 0 Å². The van der Waals surface area contributed by atoms with E-state index in [2.05, 4.69) is 4.99 Å². The van der Waals surface area contributed by atoms with Gasteiger partial charge in [-0.3, -0.25) is 10.1 Å². The third-order valence-corrected chi connectivity index (χ3v) is 5.27. The minimum atomic E-state index is -0.437. The molecule has 6 nitrogen and oxygen atoms in total. The molecule has 1 aliphatic carbocycles. The topological polar surface area (TPSA) is 81.8 Å². The van der Waals surface area contributed by atoms with Gasteiger partial charge >= 0.3 is 5.97 Å². The predicted octanol–water partition coefficient (Wildman–Crippen LogP) is 4.46. The Labute approximate surface area is 149 Å². The molecular weight excluding hydrogens is 340 g/mol. The Bertz CT molecular complexity index is 824. The van der Waals surface area contributed by atoms with E-state index < -0.39 is 4.92 Å². The van der Waals surface area contributed by atoms with Gasteiger partial charge in [0.1, 0.15) is 5.00 Å². The van der Waals surface area contributed by atoms with Gasteiger partial charge < -0.3 is 4.74 Å². The van der Waals surface area contributed by atoms with Gasteiger partial charge in [0, 0.05) is 23.2 Å². The van der Waals surface area contributed by atoms with Crippen LogP contribution in [0.25, 0.3) is 0 Å². The number of fused-ring (bicyclic) bond motifs is 1. The molecule has 0 fully saturated rings. The Morgan fingerprint density at radius 2 is 2.04 bits per heavy atom. The van der Waals surface area contributed by atoms with E-state index in [1.165, 1.54) is 28.3 Å². The van der Waals surface area contributed by atoms with Crippen LogP contribution in [0.2, 0.25) is 0 Å². The molecule has 7 heteroatoms. The molecule has 0 saturated heterocycles. The molecule has 130 valence electrons. The van der Waals surface area contributed by atoms with Crippen molar-refractivity contribution in [3.05, 3.63) is 55.9 Å². The van der Waals surface area contributed by atoms with Gasteiger partial charge in [-0.05, 0) is 55.9 Å². The summed E-state index contributed by atoms with van der Waals surface area (Å²) < 4.78 is 5.21. The van der Waals surface area contributed by atoms with Crippen molar-refractivity contribution in [2.24, 2.45) is 4.99 Å². The third-order valence-electron chi connectivity index (χ3n) is 4.07. The smallest absolute Gasteiger partial charge is 0.341 e. The van der Waals surface area contributed by atoms with E-state index in [4.69, 9.17) is 4.74 Å². The van der Waals surface area contributed by atoms with Gasteiger partial charge in [0.25, 0.3) is 5.69 Å². The maximum Gasteiger partial charge on any atom is 0.341 e. The molecule has 0 aliphatic heterocycles. The predicted molar refractivity (Wildman–Crippen MR) is 97.3 cm³/mol. The standard InChI is InChI=1S/C18H18N2O4S/c1-2-24-18(21)16-14-5-3-4-6-15(14)25-17(16)19-11-12-7-9-13(10-8-12)20(22)23/h7-11H,2-6H2,1H3. The molecule has 0 atom stereocenters. The van der Waals surface area contributed by atoms with Crippen LogP contribution in [0.5, 0.6) is 0 Å². The molecule has 3 rings (SSSR count). The molecule has 0 saturated carbocycles. The summed E-state index contributed by atoms with van der Waals surface area (Å²) in [5.74, 6) is -0.322. The van der Waals surface area contributed by atoms with Crippen LogP contribution in [0.4, 0.5) is 10.7 Å². The Morgan fingerprint density at radius 1 is 1.32 bits per heavy atom. The fraction of sp³-hybridized carbons (Fsp3) is 0.333. The Balaban J connectivity index is 1.92. The van der Waals surface area contributed by atoms with Crippen molar-refractivity contribution in [1.82, 2.24) is 0 Å². The summed E-state index contributed by atoms with van der Waals surface area (Å²) in [5, 5.41) is 11.4. The zero-order chi connectivity index (χ0) is 17.8. The van der Waals surface area contributed by atoms with E-state index in [1.54, 1.807) is 25.3 Å². The number of nitro benzene ring substituents is 1. The monoisotopic (exact) mass is 358 g/mol. The normalized spacial score (nSPS) is 13.6. The van der Waals surface area contributed by atoms with Gasteiger partial charge in [-0.1, -0.05) is 0 Å². The molecule has 2 aromatic rings. The lowest BCUT2D eigenvalue weighted by Gasteiger charge is -2.11. The maximum absolute atomic E-state index is 12.4. The summed E-state index contributed by atoms with van der Waals surface area (Å²) in [6.07, 6.45) is 5.68. The van der Waals surface area contributed by atoms with Crippen LogP contribution in [0.15, 0.2) is 29.3 Å². The molecular formula is C18H18N2O4S. The molecule has 0 N–H and O–H groups in total. The molecule has 0 radical (unpaired) electrons. The molecule has 1 heterocycles. The first-order chi connectivity index (χ1) is 12.1. The fourth-order valence-corrected chi connectivity index (χ4v) is 4.09. The van der Waals surface area contributed by atoms with Crippen molar-refractivity contribution in [3.63, 3.8) is 0 Å². The van der Waals surface area contributed by atoms with Gasteiger partial charge in [0.15, 0.2) is 0 Å². The van der Waals surface area contributed by atoms with Crippen LogP contribution >= 0.6 is 11.3 Å². The second kappa shape index (κ2) is 7.57. The number of nitro groups is 1. The van der Waals surface area contributed by atoms with Crippen LogP contribution in [-0.4, -0.2) is 23.7 Å². The van der Waals surface area contributed by atoms with Crippen LogP contribution in [0.1, 0.15) is 46.1 Å². The lowest BCUT2D eigenvalue weighted by molar-refractivity contribution is -0.384. The molecule has 1 aromatic carbocycles. The zero-order valence-corrected chi connectivity index (χ0v) is 14.7. The van der Waals surface area contributed by atoms with Crippen molar-refractivity contribution in [2.45, 2.75) is 32.6 Å². The van der Waals surface area contributed by atoms with Crippen molar-refractivity contribution < 1.29 is 14.5 Å². The number of ether oxygens (including phenoxy) is 1. The number of aryl methyl sites for hydroxylation is 1. The van der Waals surface area contributed by atoms with Gasteiger partial charge in [0.05, 0.1) is 17.1 Å². The molecule has 25 heavy (non-hydrogen) atoms. The van der Waals surface area contributed by atoms with E-state index in [0.717, 1.165) is 36.8 Å². The van der Waals surface area contributed by atoms with E-state index >= 15 is 0 Å². The number of hydrogen-bond donors (Lipinski definition) is 0. The van der Waals surface area contributed by atoms with E-state index in [9.17, 15) is 14.9 Å². The minimum Gasteiger partial charge on any atom is -0.462 e. The first-order valence-electron chi connectivity index (χ1n) is 8.20. The van der Waals surface area contributed by atoms with Crippen LogP contribution < -0.4 is 0 Å². The average Bonchev–Trinajstić information content (AvgIpc) is 2.99. The van der Waals surface area contributed by atoms with Gasteiger partial charge in [0.2, 0.25) is 0 Å². The summed E-state index contributed by atoms with van der Waals surface area (Å²) >= 11 is 1.54. The minimum absolute atomic E-state index is 0.0379. The van der Waals surface area contributed by atoms with Crippen molar-refractivity contribution >= 4 is 34.2 Å². The second-order valence-electron chi connectivity index (χ2n) is 5.72. The van der Waals surface area contributed by atoms with Crippen LogP contribution in [-0.2, 0) is 17.6 Å². The summed E-state index contributed by atoms with van der Waals surface area (Å²) in [6.45, 7) is 2.12. The highest BCUT2D eigenvalue weighted by atomic mass is 32.1. The molecule has 0 unspecified atom stereocenters. The number of aliphatic imine (C=N–C) groups is 1. The molecule has 0 spiro atoms. The SMILES string of the molecule is CCOC(=O)c1c(N=Cc2ccc([N+](=O)[O-])cc2)sc2c1CCCC2. The first-order valence-corrected chi connectivity index (χ1v) is 9.02. The summed E-state index contributed by atoms with van der Waals surface area (Å²) in [5.41, 5.74) is 2.44.